The highest BCUT2D eigenvalue weighted by atomic mass is 16.4. The van der Waals surface area contributed by atoms with E-state index in [4.69, 9.17) is 22.6 Å². The quantitative estimate of drug-likeness (QED) is 0.137. The Kier molecular flexibility index (Phi) is 6.45. The maximum atomic E-state index is 11.4. The smallest absolute Gasteiger partial charge is 0.330 e. The molecule has 9 heteroatoms. The second-order valence-corrected chi connectivity index (χ2v) is 4.43. The average Bonchev–Trinajstić information content (AvgIpc) is 2.26. The van der Waals surface area contributed by atoms with Gasteiger partial charge in [-0.3, -0.25) is 10.4 Å². The van der Waals surface area contributed by atoms with Crippen LogP contribution in [0.15, 0.2) is 5.10 Å². The van der Waals surface area contributed by atoms with E-state index in [1.807, 2.05) is 0 Å². The fourth-order valence-corrected chi connectivity index (χ4v) is 1.51. The molecule has 9 N–H and O–H groups in total. The second kappa shape index (κ2) is 7.29. The van der Waals surface area contributed by atoms with Crippen molar-refractivity contribution in [1.82, 2.24) is 10.3 Å². The van der Waals surface area contributed by atoms with E-state index in [0.29, 0.717) is 25.8 Å². The molecule has 0 aromatic rings. The molecule has 0 rings (SSSR count). The van der Waals surface area contributed by atoms with Crippen molar-refractivity contribution in [3.8, 4) is 0 Å². The SMILES string of the molecule is CN(N=C(N)N)[C@@](C)(CCCCNC(=N)N)C(=O)O. The number of nitrogens with two attached hydrogens (primary N) is 3. The summed E-state index contributed by atoms with van der Waals surface area (Å²) in [4.78, 5) is 11.4. The number of unbranched alkanes of at least 4 members (excludes halogenated alkanes) is 1. The van der Waals surface area contributed by atoms with Gasteiger partial charge in [0.2, 0.25) is 5.96 Å². The normalized spacial score (nSPS) is 13.2. The van der Waals surface area contributed by atoms with Crippen LogP contribution in [-0.4, -0.2) is 47.1 Å². The van der Waals surface area contributed by atoms with Crippen molar-refractivity contribution in [3.05, 3.63) is 0 Å². The molecule has 0 aliphatic carbocycles. The van der Waals surface area contributed by atoms with Crippen LogP contribution in [0.3, 0.4) is 0 Å². The summed E-state index contributed by atoms with van der Waals surface area (Å²) >= 11 is 0. The van der Waals surface area contributed by atoms with E-state index in [1.54, 1.807) is 6.92 Å². The Bertz CT molecular complexity index is 354. The summed E-state index contributed by atoms with van der Waals surface area (Å²) in [5.74, 6) is -1.29. The largest absolute Gasteiger partial charge is 0.479 e. The lowest BCUT2D eigenvalue weighted by Crippen LogP contribution is -2.49. The standard InChI is InChI=1S/C10H23N7O2/c1-10(7(18)19,17(2)16-9(13)14)5-3-4-6-15-8(11)12/h3-6H2,1-2H3,(H,18,19)(H4,11,12,15)(H4,13,14,16)/t10-/m0/s1. The molecule has 0 radical (unpaired) electrons. The first-order valence-electron chi connectivity index (χ1n) is 5.85. The zero-order valence-corrected chi connectivity index (χ0v) is 11.3. The van der Waals surface area contributed by atoms with Crippen LogP contribution in [-0.2, 0) is 4.79 Å². The number of likely N-dealkylation sites (N-methyl/N-ethyl adjacent to an activating group) is 1. The summed E-state index contributed by atoms with van der Waals surface area (Å²) in [7, 11) is 1.52. The van der Waals surface area contributed by atoms with Crippen LogP contribution in [0.5, 0.6) is 0 Å². The molecule has 0 aliphatic heterocycles. The number of hydrogen-bond acceptors (Lipinski definition) is 4. The van der Waals surface area contributed by atoms with Crippen LogP contribution in [0.4, 0.5) is 0 Å². The molecule has 110 valence electrons. The average molecular weight is 273 g/mol. The summed E-state index contributed by atoms with van der Waals surface area (Å²) in [5.41, 5.74) is 14.4. The third kappa shape index (κ3) is 5.80. The number of nitrogens with one attached hydrogen (secondary N) is 2. The third-order valence-electron chi connectivity index (χ3n) is 2.85. The van der Waals surface area contributed by atoms with Crippen molar-refractivity contribution in [1.29, 1.82) is 5.41 Å². The van der Waals surface area contributed by atoms with Gasteiger partial charge in [-0.25, -0.2) is 4.79 Å². The molecule has 0 unspecified atom stereocenters. The zero-order chi connectivity index (χ0) is 15.1. The number of rotatable bonds is 8. The van der Waals surface area contributed by atoms with E-state index in [2.05, 4.69) is 10.4 Å². The number of hydrogen-bond donors (Lipinski definition) is 6. The fraction of sp³-hybridized carbons (Fsp3) is 0.700. The van der Waals surface area contributed by atoms with Gasteiger partial charge in [0.15, 0.2) is 11.5 Å². The maximum Gasteiger partial charge on any atom is 0.330 e. The maximum absolute atomic E-state index is 11.4. The van der Waals surface area contributed by atoms with Gasteiger partial charge in [-0.1, -0.05) is 0 Å². The predicted octanol–water partition coefficient (Wildman–Crippen LogP) is -1.40. The molecule has 0 aromatic carbocycles. The summed E-state index contributed by atoms with van der Waals surface area (Å²) in [6.45, 7) is 2.08. The first-order valence-corrected chi connectivity index (χ1v) is 5.85. The van der Waals surface area contributed by atoms with Crippen molar-refractivity contribution in [3.63, 3.8) is 0 Å². The summed E-state index contributed by atoms with van der Waals surface area (Å²) in [6.07, 6.45) is 1.70. The number of guanidine groups is 2. The van der Waals surface area contributed by atoms with Gasteiger partial charge in [-0.05, 0) is 26.2 Å². The summed E-state index contributed by atoms with van der Waals surface area (Å²) in [5, 5.41) is 23.9. The molecule has 1 atom stereocenters. The van der Waals surface area contributed by atoms with Crippen LogP contribution in [0.1, 0.15) is 26.2 Å². The molecular weight excluding hydrogens is 250 g/mol. The van der Waals surface area contributed by atoms with Crippen LogP contribution in [0.25, 0.3) is 0 Å². The Balaban J connectivity index is 4.44. The summed E-state index contributed by atoms with van der Waals surface area (Å²) in [6, 6.07) is 0. The van der Waals surface area contributed by atoms with Crippen LogP contribution in [0.2, 0.25) is 0 Å². The Morgan fingerprint density at radius 3 is 2.42 bits per heavy atom. The molecule has 0 amide bonds. The first-order chi connectivity index (χ1) is 8.70. The fourth-order valence-electron chi connectivity index (χ4n) is 1.51. The van der Waals surface area contributed by atoms with E-state index in [1.165, 1.54) is 12.1 Å². The first kappa shape index (κ1) is 16.8. The molecule has 0 bridgehead atoms. The minimum atomic E-state index is -1.18. The van der Waals surface area contributed by atoms with Gasteiger partial charge in [0.25, 0.3) is 0 Å². The topological polar surface area (TPSA) is 167 Å². The minimum absolute atomic E-state index is 0.0985. The van der Waals surface area contributed by atoms with Crippen LogP contribution in [0, 0.1) is 5.41 Å². The van der Waals surface area contributed by atoms with Crippen molar-refractivity contribution >= 4 is 17.9 Å². The lowest BCUT2D eigenvalue weighted by Gasteiger charge is -2.32. The minimum Gasteiger partial charge on any atom is -0.479 e. The van der Waals surface area contributed by atoms with E-state index < -0.39 is 11.5 Å². The lowest BCUT2D eigenvalue weighted by atomic mass is 9.94. The molecule has 0 aromatic heterocycles. The number of carboxylic acids is 1. The summed E-state index contributed by atoms with van der Waals surface area (Å²) < 4.78 is 0. The molecule has 0 fully saturated rings. The van der Waals surface area contributed by atoms with E-state index in [-0.39, 0.29) is 11.9 Å². The molecule has 0 heterocycles. The molecule has 19 heavy (non-hydrogen) atoms. The number of carbonyl (C=O) groups is 1. The number of carboxylic acid groups (broad SMARTS) is 1. The Labute approximate surface area is 112 Å². The third-order valence-corrected chi connectivity index (χ3v) is 2.85. The van der Waals surface area contributed by atoms with Crippen LogP contribution < -0.4 is 22.5 Å². The van der Waals surface area contributed by atoms with Gasteiger partial charge in [0.05, 0.1) is 0 Å². The molecule has 0 saturated carbocycles. The van der Waals surface area contributed by atoms with E-state index in [9.17, 15) is 9.90 Å². The Hall–Kier alpha value is -2.19. The van der Waals surface area contributed by atoms with Crippen molar-refractivity contribution in [2.45, 2.75) is 31.7 Å². The highest BCUT2D eigenvalue weighted by molar-refractivity contribution is 5.79. The molecule has 0 aliphatic rings. The van der Waals surface area contributed by atoms with Gasteiger partial charge in [-0.15, -0.1) is 5.10 Å². The van der Waals surface area contributed by atoms with E-state index >= 15 is 0 Å². The lowest BCUT2D eigenvalue weighted by molar-refractivity contribution is -0.150. The van der Waals surface area contributed by atoms with Crippen molar-refractivity contribution in [2.75, 3.05) is 13.6 Å². The molecule has 0 spiro atoms. The van der Waals surface area contributed by atoms with E-state index in [0.717, 1.165) is 0 Å². The molecule has 9 nitrogen and oxygen atoms in total. The van der Waals surface area contributed by atoms with Gasteiger partial charge in [0, 0.05) is 13.6 Å². The van der Waals surface area contributed by atoms with Gasteiger partial charge in [-0.2, -0.15) is 0 Å². The zero-order valence-electron chi connectivity index (χ0n) is 11.3. The van der Waals surface area contributed by atoms with Crippen LogP contribution >= 0.6 is 0 Å². The number of aliphatic carboxylic acids is 1. The highest BCUT2D eigenvalue weighted by Gasteiger charge is 2.37. The molecular formula is C10H23N7O2. The Morgan fingerprint density at radius 1 is 1.42 bits per heavy atom. The van der Waals surface area contributed by atoms with Gasteiger partial charge < -0.3 is 27.6 Å². The Morgan fingerprint density at radius 2 is 2.00 bits per heavy atom. The monoisotopic (exact) mass is 273 g/mol. The van der Waals surface area contributed by atoms with Crippen molar-refractivity contribution < 1.29 is 9.90 Å². The van der Waals surface area contributed by atoms with Gasteiger partial charge >= 0.3 is 5.97 Å². The highest BCUT2D eigenvalue weighted by Crippen LogP contribution is 2.21. The number of hydrazone groups is 1. The molecule has 0 saturated heterocycles. The second-order valence-electron chi connectivity index (χ2n) is 4.43. The van der Waals surface area contributed by atoms with Gasteiger partial charge in [0.1, 0.15) is 0 Å². The number of nitrogens with zero attached hydrogens (tertiary/aromatic N) is 2. The van der Waals surface area contributed by atoms with Crippen molar-refractivity contribution in [2.24, 2.45) is 22.3 Å². The predicted molar refractivity (Wildman–Crippen MR) is 73.4 cm³/mol.